The molecule has 18 heavy (non-hydrogen) atoms. The second-order valence-corrected chi connectivity index (χ2v) is 5.89. The van der Waals surface area contributed by atoms with E-state index in [9.17, 15) is 4.79 Å². The van der Waals surface area contributed by atoms with Gasteiger partial charge < -0.3 is 0 Å². The maximum absolute atomic E-state index is 10.9. The number of carbonyl (C=O) groups excluding carboxylic acids is 1. The molecule has 1 aromatic heterocycles. The predicted octanol–water partition coefficient (Wildman–Crippen LogP) is 2.53. The monoisotopic (exact) mass is 281 g/mol. The van der Waals surface area contributed by atoms with Crippen molar-refractivity contribution in [3.8, 4) is 0 Å². The van der Waals surface area contributed by atoms with Gasteiger partial charge in [-0.2, -0.15) is 0 Å². The predicted molar refractivity (Wildman–Crippen MR) is 72.4 cm³/mol. The number of hydrazine groups is 1. The second kappa shape index (κ2) is 4.84. The molecule has 0 saturated carbocycles. The number of fused-ring (bicyclic) bond motifs is 1. The highest BCUT2D eigenvalue weighted by molar-refractivity contribution is 7.22. The zero-order valence-electron chi connectivity index (χ0n) is 9.67. The molecule has 4 nitrogen and oxygen atoms in total. The highest BCUT2D eigenvalue weighted by atomic mass is 35.5. The summed E-state index contributed by atoms with van der Waals surface area (Å²) in [6, 6.07) is 6.12. The van der Waals surface area contributed by atoms with E-state index >= 15 is 0 Å². The number of hydrogen-bond acceptors (Lipinski definition) is 4. The molecule has 1 fully saturated rings. The number of thiazole rings is 1. The summed E-state index contributed by atoms with van der Waals surface area (Å²) in [5.41, 5.74) is 2.11. The van der Waals surface area contributed by atoms with Crippen molar-refractivity contribution in [2.75, 3.05) is 13.1 Å². The lowest BCUT2D eigenvalue weighted by molar-refractivity contribution is -0.129. The molecule has 1 aromatic carbocycles. The van der Waals surface area contributed by atoms with E-state index < -0.39 is 0 Å². The molecule has 0 atom stereocenters. The van der Waals surface area contributed by atoms with Crippen LogP contribution in [0, 0.1) is 0 Å². The number of carbonyl (C=O) groups is 1. The average Bonchev–Trinajstić information content (AvgIpc) is 2.93. The fourth-order valence-electron chi connectivity index (χ4n) is 2.22. The Hall–Kier alpha value is -1.17. The minimum absolute atomic E-state index is 0.567. The van der Waals surface area contributed by atoms with Gasteiger partial charge in [0.1, 0.15) is 0 Å². The molecule has 0 spiro atoms. The number of benzene rings is 1. The van der Waals surface area contributed by atoms with Gasteiger partial charge in [-0.25, -0.2) is 9.99 Å². The first-order valence-corrected chi connectivity index (χ1v) is 6.97. The zero-order valence-corrected chi connectivity index (χ0v) is 11.2. The lowest BCUT2D eigenvalue weighted by atomic mass is 10.2. The Balaban J connectivity index is 1.83. The SMILES string of the molecule is O=CN1CCCN1Cc1ccc2nc(Cl)sc2c1. The van der Waals surface area contributed by atoms with Crippen LogP contribution in [-0.4, -0.2) is 34.5 Å². The van der Waals surface area contributed by atoms with E-state index in [1.807, 2.05) is 12.1 Å². The molecule has 94 valence electrons. The van der Waals surface area contributed by atoms with Crippen LogP contribution < -0.4 is 0 Å². The molecule has 1 amide bonds. The van der Waals surface area contributed by atoms with Crippen LogP contribution in [-0.2, 0) is 11.3 Å². The fraction of sp³-hybridized carbons (Fsp3) is 0.333. The summed E-state index contributed by atoms with van der Waals surface area (Å²) in [6.07, 6.45) is 1.93. The first-order valence-electron chi connectivity index (χ1n) is 5.78. The topological polar surface area (TPSA) is 36.4 Å². The third-order valence-electron chi connectivity index (χ3n) is 3.08. The van der Waals surface area contributed by atoms with E-state index in [1.165, 1.54) is 16.9 Å². The summed E-state index contributed by atoms with van der Waals surface area (Å²) in [5.74, 6) is 0. The second-order valence-electron chi connectivity index (χ2n) is 4.28. The van der Waals surface area contributed by atoms with Crippen LogP contribution in [0.4, 0.5) is 0 Å². The molecule has 1 aliphatic rings. The quantitative estimate of drug-likeness (QED) is 0.811. The van der Waals surface area contributed by atoms with Gasteiger partial charge in [0, 0.05) is 19.6 Å². The number of hydrogen-bond donors (Lipinski definition) is 0. The zero-order chi connectivity index (χ0) is 12.5. The van der Waals surface area contributed by atoms with E-state index in [2.05, 4.69) is 16.1 Å². The Kier molecular flexibility index (Phi) is 3.20. The summed E-state index contributed by atoms with van der Waals surface area (Å²) in [4.78, 5) is 15.1. The lowest BCUT2D eigenvalue weighted by Gasteiger charge is -2.23. The first-order chi connectivity index (χ1) is 8.76. The highest BCUT2D eigenvalue weighted by Gasteiger charge is 2.20. The molecular formula is C12H12ClN3OS. The summed E-state index contributed by atoms with van der Waals surface area (Å²) in [5, 5.41) is 3.81. The van der Waals surface area contributed by atoms with Crippen molar-refractivity contribution in [3.05, 3.63) is 28.2 Å². The van der Waals surface area contributed by atoms with Gasteiger partial charge in [-0.3, -0.25) is 9.80 Å². The maximum Gasteiger partial charge on any atom is 0.224 e. The summed E-state index contributed by atoms with van der Waals surface area (Å²) >= 11 is 7.38. The normalized spacial score (nSPS) is 16.6. The smallest absolute Gasteiger partial charge is 0.224 e. The third kappa shape index (κ3) is 2.21. The van der Waals surface area contributed by atoms with Gasteiger partial charge in [-0.1, -0.05) is 17.7 Å². The molecule has 0 unspecified atom stereocenters. The molecule has 2 heterocycles. The van der Waals surface area contributed by atoms with Crippen molar-refractivity contribution >= 4 is 39.6 Å². The Morgan fingerprint density at radius 3 is 3.17 bits per heavy atom. The van der Waals surface area contributed by atoms with Gasteiger partial charge in [0.05, 0.1) is 10.2 Å². The number of halogens is 1. The standard InChI is InChI=1S/C12H12ClN3OS/c13-12-14-10-3-2-9(6-11(10)18-12)7-15-4-1-5-16(15)8-17/h2-3,6,8H,1,4-5,7H2. The number of rotatable bonds is 3. The Morgan fingerprint density at radius 2 is 2.33 bits per heavy atom. The molecule has 0 aliphatic carbocycles. The number of aromatic nitrogens is 1. The van der Waals surface area contributed by atoms with Crippen molar-refractivity contribution < 1.29 is 4.79 Å². The van der Waals surface area contributed by atoms with Gasteiger partial charge in [0.15, 0.2) is 4.47 Å². The van der Waals surface area contributed by atoms with Crippen molar-refractivity contribution in [1.29, 1.82) is 0 Å². The van der Waals surface area contributed by atoms with Crippen LogP contribution in [0.5, 0.6) is 0 Å². The molecule has 3 rings (SSSR count). The van der Waals surface area contributed by atoms with Crippen LogP contribution in [0.2, 0.25) is 4.47 Å². The summed E-state index contributed by atoms with van der Waals surface area (Å²) < 4.78 is 1.66. The third-order valence-corrected chi connectivity index (χ3v) is 4.20. The minimum atomic E-state index is 0.567. The number of amides is 1. The molecule has 0 bridgehead atoms. The molecular weight excluding hydrogens is 270 g/mol. The van der Waals surface area contributed by atoms with E-state index in [0.29, 0.717) is 4.47 Å². The van der Waals surface area contributed by atoms with Crippen molar-refractivity contribution in [2.45, 2.75) is 13.0 Å². The molecule has 1 aliphatic heterocycles. The van der Waals surface area contributed by atoms with Crippen LogP contribution in [0.25, 0.3) is 10.2 Å². The average molecular weight is 282 g/mol. The van der Waals surface area contributed by atoms with Crippen LogP contribution in [0.1, 0.15) is 12.0 Å². The van der Waals surface area contributed by atoms with Crippen molar-refractivity contribution in [2.24, 2.45) is 0 Å². The van der Waals surface area contributed by atoms with Gasteiger partial charge in [-0.15, -0.1) is 11.3 Å². The maximum atomic E-state index is 10.9. The Morgan fingerprint density at radius 1 is 1.44 bits per heavy atom. The van der Waals surface area contributed by atoms with Gasteiger partial charge in [0.25, 0.3) is 0 Å². The Bertz CT molecular complexity index is 586. The molecule has 1 saturated heterocycles. The molecule has 6 heteroatoms. The molecule has 0 N–H and O–H groups in total. The van der Waals surface area contributed by atoms with Gasteiger partial charge in [-0.05, 0) is 24.1 Å². The fourth-order valence-corrected chi connectivity index (χ4v) is 3.32. The largest absolute Gasteiger partial charge is 0.278 e. The van der Waals surface area contributed by atoms with E-state index in [1.54, 1.807) is 5.01 Å². The summed E-state index contributed by atoms with van der Waals surface area (Å²) in [7, 11) is 0. The Labute approximate surface area is 114 Å². The van der Waals surface area contributed by atoms with Crippen molar-refractivity contribution in [3.63, 3.8) is 0 Å². The van der Waals surface area contributed by atoms with Crippen molar-refractivity contribution in [1.82, 2.24) is 15.0 Å². The van der Waals surface area contributed by atoms with E-state index in [0.717, 1.165) is 42.7 Å². The van der Waals surface area contributed by atoms with E-state index in [-0.39, 0.29) is 0 Å². The lowest BCUT2D eigenvalue weighted by Crippen LogP contribution is -2.34. The molecule has 0 radical (unpaired) electrons. The van der Waals surface area contributed by atoms with Gasteiger partial charge >= 0.3 is 0 Å². The van der Waals surface area contributed by atoms with Crippen LogP contribution in [0.15, 0.2) is 18.2 Å². The minimum Gasteiger partial charge on any atom is -0.278 e. The summed E-state index contributed by atoms with van der Waals surface area (Å²) in [6.45, 7) is 2.50. The van der Waals surface area contributed by atoms with E-state index in [4.69, 9.17) is 11.6 Å². The van der Waals surface area contributed by atoms with Crippen LogP contribution >= 0.6 is 22.9 Å². The first kappa shape index (κ1) is 11.9. The molecule has 2 aromatic rings. The highest BCUT2D eigenvalue weighted by Crippen LogP contribution is 2.27. The van der Waals surface area contributed by atoms with Gasteiger partial charge in [0.2, 0.25) is 6.41 Å². The number of nitrogens with zero attached hydrogens (tertiary/aromatic N) is 3. The van der Waals surface area contributed by atoms with Crippen LogP contribution in [0.3, 0.4) is 0 Å².